The number of benzene rings is 1. The van der Waals surface area contributed by atoms with E-state index in [0.29, 0.717) is 5.56 Å². The molecule has 0 aromatic heterocycles. The summed E-state index contributed by atoms with van der Waals surface area (Å²) in [6, 6.07) is 2.01. The van der Waals surface area contributed by atoms with Gasteiger partial charge in [0.25, 0.3) is 5.91 Å². The van der Waals surface area contributed by atoms with E-state index in [-0.39, 0.29) is 70.3 Å². The molecule has 1 amide bonds. The van der Waals surface area contributed by atoms with Crippen molar-refractivity contribution in [1.29, 1.82) is 0 Å². The van der Waals surface area contributed by atoms with Crippen LogP contribution >= 0.6 is 0 Å². The fourth-order valence-corrected chi connectivity index (χ4v) is 5.65. The van der Waals surface area contributed by atoms with Crippen LogP contribution < -0.4 is 10.6 Å². The molecule has 4 rings (SSSR count). The summed E-state index contributed by atoms with van der Waals surface area (Å²) in [5, 5.41) is 43.9. The Balaban J connectivity index is 0.00000216. The summed E-state index contributed by atoms with van der Waals surface area (Å²) in [4.78, 5) is 42.0. The molecule has 3 aliphatic carbocycles. The van der Waals surface area contributed by atoms with Gasteiger partial charge in [0.2, 0.25) is 5.78 Å². The Hall–Kier alpha value is -2.11. The fourth-order valence-electron chi connectivity index (χ4n) is 5.65. The van der Waals surface area contributed by atoms with E-state index in [1.807, 2.05) is 19.0 Å². The maximum absolute atomic E-state index is 13.7. The van der Waals surface area contributed by atoms with Gasteiger partial charge in [-0.3, -0.25) is 19.3 Å². The molecular weight excluding hydrogens is 470 g/mol. The molecular formula is C23H29CaN3O7. The molecule has 3 aliphatic rings. The number of Topliss-reactive ketones (excluding diaryl/α,β-unsaturated/α-hetero) is 2. The number of phenolic OH excluding ortho intramolecular Hbond substituents is 1. The van der Waals surface area contributed by atoms with Crippen LogP contribution in [-0.4, -0.2) is 120 Å². The number of fused-ring (bicyclic) bond motifs is 3. The molecule has 0 saturated heterocycles. The topological polar surface area (TPSA) is 165 Å². The number of aromatic hydroxyl groups is 1. The Morgan fingerprint density at radius 3 is 2.29 bits per heavy atom. The van der Waals surface area contributed by atoms with Gasteiger partial charge >= 0.3 is 37.7 Å². The molecule has 0 spiro atoms. The molecule has 0 radical (unpaired) electrons. The molecule has 4 atom stereocenters. The van der Waals surface area contributed by atoms with Crippen molar-refractivity contribution >= 4 is 66.7 Å². The first-order chi connectivity index (χ1) is 15.3. The van der Waals surface area contributed by atoms with Crippen molar-refractivity contribution in [2.24, 2.45) is 17.6 Å². The number of aliphatic hydroxyl groups is 3. The molecule has 34 heavy (non-hydrogen) atoms. The van der Waals surface area contributed by atoms with Gasteiger partial charge in [0.05, 0.1) is 11.6 Å². The van der Waals surface area contributed by atoms with Crippen LogP contribution in [0.1, 0.15) is 20.4 Å². The summed E-state index contributed by atoms with van der Waals surface area (Å²) in [5.74, 6) is -6.54. The molecule has 1 aromatic carbocycles. The number of nitrogens with zero attached hydrogens (tertiary/aromatic N) is 2. The summed E-state index contributed by atoms with van der Waals surface area (Å²) in [5.41, 5.74) is 3.15. The van der Waals surface area contributed by atoms with E-state index in [4.69, 9.17) is 5.73 Å². The predicted molar refractivity (Wildman–Crippen MR) is 127 cm³/mol. The minimum atomic E-state index is -2.63. The van der Waals surface area contributed by atoms with E-state index in [0.717, 1.165) is 5.69 Å². The summed E-state index contributed by atoms with van der Waals surface area (Å²) >= 11 is 0. The van der Waals surface area contributed by atoms with Gasteiger partial charge < -0.3 is 33.9 Å². The number of aliphatic hydroxyl groups excluding tert-OH is 2. The largest absolute Gasteiger partial charge is 2.00 e. The van der Waals surface area contributed by atoms with E-state index in [9.17, 15) is 34.8 Å². The number of amides is 1. The molecule has 1 aromatic rings. The summed E-state index contributed by atoms with van der Waals surface area (Å²) in [6.45, 7) is 0. The number of rotatable bonds is 3. The van der Waals surface area contributed by atoms with E-state index in [1.165, 1.54) is 11.0 Å². The van der Waals surface area contributed by atoms with E-state index in [2.05, 4.69) is 0 Å². The van der Waals surface area contributed by atoms with Crippen molar-refractivity contribution < 1.29 is 37.7 Å². The zero-order chi connectivity index (χ0) is 24.6. The SMILES string of the molecule is CN(C)c1ccc(O)c2c1C[C@H]1C[C@H]3[C@H](N(C)C)C(=O)C(C(N)=O)=C(O)[C@@]3(O)C(=O)C1=C2O.[Ca+2].[H-].[H-]. The van der Waals surface area contributed by atoms with Crippen LogP contribution in [0.15, 0.2) is 29.0 Å². The van der Waals surface area contributed by atoms with Gasteiger partial charge in [-0.25, -0.2) is 0 Å². The minimum absolute atomic E-state index is 0. The van der Waals surface area contributed by atoms with E-state index < -0.39 is 58.0 Å². The van der Waals surface area contributed by atoms with Gasteiger partial charge in [-0.05, 0) is 50.6 Å². The smallest absolute Gasteiger partial charge is 1.00 e. The molecule has 6 N–H and O–H groups in total. The summed E-state index contributed by atoms with van der Waals surface area (Å²) in [7, 11) is 6.75. The van der Waals surface area contributed by atoms with Crippen LogP contribution in [-0.2, 0) is 20.8 Å². The maximum Gasteiger partial charge on any atom is 2.00 e. The van der Waals surface area contributed by atoms with Gasteiger partial charge in [-0.1, -0.05) is 0 Å². The van der Waals surface area contributed by atoms with Crippen molar-refractivity contribution in [3.05, 3.63) is 40.2 Å². The average molecular weight is 500 g/mol. The number of nitrogens with two attached hydrogens (primary N) is 1. The zero-order valence-electron chi connectivity index (χ0n) is 21.5. The van der Waals surface area contributed by atoms with Gasteiger partial charge in [0.1, 0.15) is 22.8 Å². The number of carbonyl (C=O) groups excluding carboxylic acids is 3. The van der Waals surface area contributed by atoms with Crippen LogP contribution in [0.3, 0.4) is 0 Å². The molecule has 180 valence electrons. The zero-order valence-corrected chi connectivity index (χ0v) is 21.7. The number of ketones is 2. The number of likely N-dealkylation sites (N-methyl/N-ethyl adjacent to an activating group) is 1. The Morgan fingerprint density at radius 2 is 1.76 bits per heavy atom. The number of anilines is 1. The summed E-state index contributed by atoms with van der Waals surface area (Å²) < 4.78 is 0. The number of carbonyl (C=O) groups is 3. The summed E-state index contributed by atoms with van der Waals surface area (Å²) in [6.07, 6.45) is 0.324. The van der Waals surface area contributed by atoms with Gasteiger partial charge in [-0.15, -0.1) is 0 Å². The number of hydrogen-bond acceptors (Lipinski definition) is 9. The Labute approximate surface area is 229 Å². The fraction of sp³-hybridized carbons (Fsp3) is 0.435. The number of hydrogen-bond donors (Lipinski definition) is 5. The van der Waals surface area contributed by atoms with E-state index in [1.54, 1.807) is 20.2 Å². The van der Waals surface area contributed by atoms with Crippen LogP contribution in [0.4, 0.5) is 5.69 Å². The third-order valence-electron chi connectivity index (χ3n) is 7.06. The maximum atomic E-state index is 13.7. The van der Waals surface area contributed by atoms with E-state index >= 15 is 0 Å². The normalized spacial score (nSPS) is 28.2. The van der Waals surface area contributed by atoms with Crippen LogP contribution in [0.5, 0.6) is 5.75 Å². The predicted octanol–water partition coefficient (Wildman–Crippen LogP) is -0.126. The average Bonchev–Trinajstić information content (AvgIpc) is 2.70. The second-order valence-corrected chi connectivity index (χ2v) is 9.31. The monoisotopic (exact) mass is 499 g/mol. The quantitative estimate of drug-likeness (QED) is 0.281. The third kappa shape index (κ3) is 3.46. The van der Waals surface area contributed by atoms with Crippen molar-refractivity contribution in [1.82, 2.24) is 4.90 Å². The van der Waals surface area contributed by atoms with Crippen LogP contribution in [0.25, 0.3) is 5.76 Å². The molecule has 1 saturated carbocycles. The molecule has 0 bridgehead atoms. The Kier molecular flexibility index (Phi) is 6.88. The Morgan fingerprint density at radius 1 is 1.15 bits per heavy atom. The molecule has 0 unspecified atom stereocenters. The molecule has 1 fully saturated rings. The Bertz CT molecular complexity index is 1180. The van der Waals surface area contributed by atoms with Crippen molar-refractivity contribution in [2.75, 3.05) is 33.1 Å². The van der Waals surface area contributed by atoms with Gasteiger partial charge in [0, 0.05) is 31.3 Å². The standard InChI is InChI=1S/C23H27N3O7.Ca.2H/c1-25(2)12-5-6-13(27)15-10(12)7-9-8-11-17(26(3)4)19(29)16(22(24)32)21(31)23(11,33)20(30)14(9)18(15)28;;;/h5-6,9,11,17,27-28,31,33H,7-8H2,1-4H3,(H2,24,32);;;/q;+2;2*-1/t9-,11-,17-,23-;;;/m0.../s1. The molecule has 0 heterocycles. The number of primary amides is 1. The van der Waals surface area contributed by atoms with Gasteiger partial charge in [0.15, 0.2) is 11.4 Å². The molecule has 10 nitrogen and oxygen atoms in total. The minimum Gasteiger partial charge on any atom is -1.00 e. The second-order valence-electron chi connectivity index (χ2n) is 9.31. The third-order valence-corrected chi connectivity index (χ3v) is 7.06. The first-order valence-electron chi connectivity index (χ1n) is 10.5. The van der Waals surface area contributed by atoms with Gasteiger partial charge in [-0.2, -0.15) is 0 Å². The first-order valence-corrected chi connectivity index (χ1v) is 10.5. The molecule has 11 heteroatoms. The van der Waals surface area contributed by atoms with Crippen LogP contribution in [0, 0.1) is 11.8 Å². The molecule has 0 aliphatic heterocycles. The van der Waals surface area contributed by atoms with Crippen molar-refractivity contribution in [3.8, 4) is 5.75 Å². The second kappa shape index (κ2) is 8.83. The van der Waals surface area contributed by atoms with Crippen molar-refractivity contribution in [2.45, 2.75) is 24.5 Å². The first kappa shape index (κ1) is 26.5. The number of phenols is 1. The van der Waals surface area contributed by atoms with Crippen molar-refractivity contribution in [3.63, 3.8) is 0 Å². The van der Waals surface area contributed by atoms with Crippen LogP contribution in [0.2, 0.25) is 0 Å².